The molecule has 1 aliphatic carbocycles. The third-order valence-corrected chi connectivity index (χ3v) is 4.21. The maximum absolute atomic E-state index is 13.3. The maximum atomic E-state index is 13.3. The lowest BCUT2D eigenvalue weighted by Crippen LogP contribution is -2.41. The molecule has 1 saturated carbocycles. The quantitative estimate of drug-likeness (QED) is 0.660. The van der Waals surface area contributed by atoms with Gasteiger partial charge in [0.25, 0.3) is 0 Å². The van der Waals surface area contributed by atoms with E-state index in [1.54, 1.807) is 12.1 Å². The molecule has 0 unspecified atom stereocenters. The fourth-order valence-corrected chi connectivity index (χ4v) is 2.79. The molecule has 1 fully saturated rings. The number of nitrogens with zero attached hydrogens (tertiary/aromatic N) is 1. The van der Waals surface area contributed by atoms with Gasteiger partial charge in [-0.15, -0.1) is 0 Å². The second-order valence-electron chi connectivity index (χ2n) is 6.57. The fourth-order valence-electron chi connectivity index (χ4n) is 2.79. The average molecular weight is 291 g/mol. The van der Waals surface area contributed by atoms with Crippen molar-refractivity contribution < 1.29 is 4.39 Å². The number of guanidine groups is 1. The Hall–Kier alpha value is -1.58. The number of nitrogens with two attached hydrogens (primary N) is 1. The van der Waals surface area contributed by atoms with Crippen LogP contribution >= 0.6 is 0 Å². The van der Waals surface area contributed by atoms with Crippen molar-refractivity contribution >= 4 is 5.96 Å². The lowest BCUT2D eigenvalue weighted by atomic mass is 9.85. The van der Waals surface area contributed by atoms with Crippen molar-refractivity contribution in [3.8, 4) is 0 Å². The third-order valence-electron chi connectivity index (χ3n) is 4.21. The van der Waals surface area contributed by atoms with E-state index in [1.807, 2.05) is 6.07 Å². The summed E-state index contributed by atoms with van der Waals surface area (Å²) < 4.78 is 13.3. The van der Waals surface area contributed by atoms with Crippen LogP contribution in [-0.2, 0) is 5.41 Å². The van der Waals surface area contributed by atoms with Gasteiger partial charge in [0.2, 0.25) is 0 Å². The van der Waals surface area contributed by atoms with Crippen molar-refractivity contribution in [3.63, 3.8) is 0 Å². The first-order chi connectivity index (χ1) is 9.97. The number of halogens is 1. The molecular weight excluding hydrogens is 265 g/mol. The van der Waals surface area contributed by atoms with E-state index in [1.165, 1.54) is 38.2 Å². The molecule has 0 saturated heterocycles. The number of hydrogen-bond donors (Lipinski definition) is 2. The summed E-state index contributed by atoms with van der Waals surface area (Å²) in [5.74, 6) is 0.296. The standard InChI is InChI=1S/C17H26FN3/c1-17(2,13-7-6-8-14(18)11-13)12-20-16(19)21-15-9-4-3-5-10-15/h6-8,11,15H,3-5,9-10,12H2,1-2H3,(H3,19,20,21). The molecule has 0 amide bonds. The topological polar surface area (TPSA) is 50.4 Å². The summed E-state index contributed by atoms with van der Waals surface area (Å²) in [7, 11) is 0. The number of benzene rings is 1. The van der Waals surface area contributed by atoms with Crippen LogP contribution in [0.4, 0.5) is 4.39 Å². The highest BCUT2D eigenvalue weighted by molar-refractivity contribution is 5.78. The molecule has 1 aromatic rings. The molecule has 0 bridgehead atoms. The van der Waals surface area contributed by atoms with Crippen molar-refractivity contribution in [1.29, 1.82) is 0 Å². The second kappa shape index (κ2) is 6.92. The molecule has 0 aromatic heterocycles. The minimum Gasteiger partial charge on any atom is -0.370 e. The van der Waals surface area contributed by atoms with Gasteiger partial charge in [0.05, 0.1) is 6.54 Å². The Morgan fingerprint density at radius 1 is 1.33 bits per heavy atom. The van der Waals surface area contributed by atoms with Gasteiger partial charge in [-0.1, -0.05) is 45.2 Å². The zero-order valence-corrected chi connectivity index (χ0v) is 13.0. The monoisotopic (exact) mass is 291 g/mol. The van der Waals surface area contributed by atoms with Crippen LogP contribution in [0, 0.1) is 5.82 Å². The van der Waals surface area contributed by atoms with Gasteiger partial charge in [-0.2, -0.15) is 0 Å². The van der Waals surface area contributed by atoms with E-state index in [0.29, 0.717) is 18.5 Å². The Morgan fingerprint density at radius 2 is 2.05 bits per heavy atom. The Labute approximate surface area is 126 Å². The van der Waals surface area contributed by atoms with E-state index in [4.69, 9.17) is 5.73 Å². The Bertz CT molecular complexity index is 491. The van der Waals surface area contributed by atoms with Gasteiger partial charge in [0.15, 0.2) is 5.96 Å². The molecule has 0 spiro atoms. The van der Waals surface area contributed by atoms with E-state index >= 15 is 0 Å². The van der Waals surface area contributed by atoms with Gasteiger partial charge in [-0.3, -0.25) is 4.99 Å². The highest BCUT2D eigenvalue weighted by Crippen LogP contribution is 2.24. The zero-order chi connectivity index (χ0) is 15.3. The first kappa shape index (κ1) is 15.8. The van der Waals surface area contributed by atoms with Crippen molar-refractivity contribution in [1.82, 2.24) is 5.32 Å². The fraction of sp³-hybridized carbons (Fsp3) is 0.588. The molecule has 0 heterocycles. The molecule has 3 nitrogen and oxygen atoms in total. The van der Waals surface area contributed by atoms with Crippen molar-refractivity contribution in [3.05, 3.63) is 35.6 Å². The van der Waals surface area contributed by atoms with Crippen LogP contribution in [0.15, 0.2) is 29.3 Å². The molecule has 1 aliphatic rings. The molecular formula is C17H26FN3. The van der Waals surface area contributed by atoms with Crippen LogP contribution in [0.25, 0.3) is 0 Å². The molecule has 116 valence electrons. The smallest absolute Gasteiger partial charge is 0.188 e. The lowest BCUT2D eigenvalue weighted by Gasteiger charge is -2.25. The van der Waals surface area contributed by atoms with Crippen LogP contribution in [0.2, 0.25) is 0 Å². The molecule has 3 N–H and O–H groups in total. The average Bonchev–Trinajstić information content (AvgIpc) is 2.46. The van der Waals surface area contributed by atoms with Crippen LogP contribution in [-0.4, -0.2) is 18.5 Å². The van der Waals surface area contributed by atoms with Gasteiger partial charge in [0, 0.05) is 11.5 Å². The normalized spacial score (nSPS) is 17.8. The molecule has 0 radical (unpaired) electrons. The largest absolute Gasteiger partial charge is 0.370 e. The van der Waals surface area contributed by atoms with Crippen molar-refractivity contribution in [2.75, 3.05) is 6.54 Å². The second-order valence-corrected chi connectivity index (χ2v) is 6.57. The first-order valence-electron chi connectivity index (χ1n) is 7.80. The van der Waals surface area contributed by atoms with Gasteiger partial charge in [0.1, 0.15) is 5.82 Å². The summed E-state index contributed by atoms with van der Waals surface area (Å²) in [4.78, 5) is 4.46. The van der Waals surface area contributed by atoms with Crippen molar-refractivity contribution in [2.24, 2.45) is 10.7 Å². The minimum absolute atomic E-state index is 0.210. The minimum atomic E-state index is -0.235. The van der Waals surface area contributed by atoms with Gasteiger partial charge in [-0.05, 0) is 30.5 Å². The van der Waals surface area contributed by atoms with E-state index in [0.717, 1.165) is 5.56 Å². The number of hydrogen-bond acceptors (Lipinski definition) is 1. The summed E-state index contributed by atoms with van der Waals surface area (Å²) in [6.45, 7) is 4.65. The Kier molecular flexibility index (Phi) is 5.21. The molecule has 21 heavy (non-hydrogen) atoms. The number of rotatable bonds is 4. The highest BCUT2D eigenvalue weighted by atomic mass is 19.1. The van der Waals surface area contributed by atoms with E-state index < -0.39 is 0 Å². The van der Waals surface area contributed by atoms with Crippen molar-refractivity contribution in [2.45, 2.75) is 57.4 Å². The number of aliphatic imine (C=N–C) groups is 1. The maximum Gasteiger partial charge on any atom is 0.188 e. The zero-order valence-electron chi connectivity index (χ0n) is 13.0. The molecule has 4 heteroatoms. The van der Waals surface area contributed by atoms with Gasteiger partial charge in [-0.25, -0.2) is 4.39 Å². The van der Waals surface area contributed by atoms with Gasteiger partial charge < -0.3 is 11.1 Å². The van der Waals surface area contributed by atoms with E-state index in [9.17, 15) is 4.39 Å². The van der Waals surface area contributed by atoms with Crippen LogP contribution in [0.3, 0.4) is 0 Å². The Balaban J connectivity index is 1.94. The first-order valence-corrected chi connectivity index (χ1v) is 7.80. The summed E-state index contributed by atoms with van der Waals surface area (Å²) >= 11 is 0. The predicted octanol–water partition coefficient (Wildman–Crippen LogP) is 3.34. The summed E-state index contributed by atoms with van der Waals surface area (Å²) in [6.07, 6.45) is 6.19. The van der Waals surface area contributed by atoms with Crippen LogP contribution < -0.4 is 11.1 Å². The summed E-state index contributed by atoms with van der Waals surface area (Å²) in [5, 5.41) is 3.31. The molecule has 0 aliphatic heterocycles. The molecule has 1 aromatic carbocycles. The highest BCUT2D eigenvalue weighted by Gasteiger charge is 2.21. The van der Waals surface area contributed by atoms with Crippen LogP contribution in [0.5, 0.6) is 0 Å². The third kappa shape index (κ3) is 4.73. The summed E-state index contributed by atoms with van der Waals surface area (Å²) in [6, 6.07) is 7.16. The predicted molar refractivity (Wildman–Crippen MR) is 85.9 cm³/mol. The SMILES string of the molecule is CC(C)(CN=C(N)NC1CCCCC1)c1cccc(F)c1. The van der Waals surface area contributed by atoms with Gasteiger partial charge >= 0.3 is 0 Å². The molecule has 0 atom stereocenters. The van der Waals surface area contributed by atoms with Crippen LogP contribution in [0.1, 0.15) is 51.5 Å². The van der Waals surface area contributed by atoms with E-state index in [2.05, 4.69) is 24.2 Å². The lowest BCUT2D eigenvalue weighted by molar-refractivity contribution is 0.411. The number of nitrogens with one attached hydrogen (secondary N) is 1. The Morgan fingerprint density at radius 3 is 2.71 bits per heavy atom. The van der Waals surface area contributed by atoms with E-state index in [-0.39, 0.29) is 11.2 Å². The summed E-state index contributed by atoms with van der Waals surface area (Å²) in [5.41, 5.74) is 6.69. The molecule has 2 rings (SSSR count).